The standard InChI is InChI=1S/C16H19N3/c17-8-14-7-11-3-2-6-15(11)18-16(14)19-9-12-4-1-5-13(12)10-19/h7,12-13H,1-6,9-10H2. The summed E-state index contributed by atoms with van der Waals surface area (Å²) >= 11 is 0. The number of pyridine rings is 1. The molecule has 1 aliphatic heterocycles. The number of anilines is 1. The van der Waals surface area contributed by atoms with Crippen molar-refractivity contribution in [1.82, 2.24) is 4.98 Å². The fraction of sp³-hybridized carbons (Fsp3) is 0.625. The lowest BCUT2D eigenvalue weighted by molar-refractivity contribution is 0.494. The van der Waals surface area contributed by atoms with E-state index in [1.165, 1.54) is 36.9 Å². The van der Waals surface area contributed by atoms with Crippen molar-refractivity contribution in [2.45, 2.75) is 38.5 Å². The van der Waals surface area contributed by atoms with Gasteiger partial charge in [0.1, 0.15) is 11.9 Å². The summed E-state index contributed by atoms with van der Waals surface area (Å²) in [5, 5.41) is 9.40. The van der Waals surface area contributed by atoms with Crippen molar-refractivity contribution in [2.75, 3.05) is 18.0 Å². The fourth-order valence-electron chi connectivity index (χ4n) is 4.19. The van der Waals surface area contributed by atoms with Crippen molar-refractivity contribution in [2.24, 2.45) is 11.8 Å². The molecule has 1 aromatic heterocycles. The molecule has 3 heteroatoms. The Bertz CT molecular complexity index is 546. The SMILES string of the molecule is N#Cc1cc2c(nc1N1CC3CCCC3C1)CCC2. The first-order valence-corrected chi connectivity index (χ1v) is 7.53. The van der Waals surface area contributed by atoms with E-state index in [1.54, 1.807) is 0 Å². The third-order valence-corrected chi connectivity index (χ3v) is 5.18. The number of aryl methyl sites for hydroxylation is 2. The third-order valence-electron chi connectivity index (χ3n) is 5.18. The van der Waals surface area contributed by atoms with Gasteiger partial charge in [-0.3, -0.25) is 0 Å². The summed E-state index contributed by atoms with van der Waals surface area (Å²) in [5.74, 6) is 2.67. The molecule has 3 aliphatic rings. The minimum absolute atomic E-state index is 0.792. The Morgan fingerprint density at radius 3 is 2.68 bits per heavy atom. The first-order chi connectivity index (χ1) is 9.35. The highest BCUT2D eigenvalue weighted by atomic mass is 15.2. The molecule has 0 N–H and O–H groups in total. The zero-order chi connectivity index (χ0) is 12.8. The molecule has 2 unspecified atom stereocenters. The van der Waals surface area contributed by atoms with Crippen molar-refractivity contribution in [1.29, 1.82) is 5.26 Å². The Morgan fingerprint density at radius 1 is 1.16 bits per heavy atom. The van der Waals surface area contributed by atoms with E-state index in [0.29, 0.717) is 0 Å². The van der Waals surface area contributed by atoms with Crippen LogP contribution in [0.15, 0.2) is 6.07 Å². The monoisotopic (exact) mass is 253 g/mol. The van der Waals surface area contributed by atoms with Crippen LogP contribution in [0.1, 0.15) is 42.5 Å². The van der Waals surface area contributed by atoms with Crippen molar-refractivity contribution < 1.29 is 0 Å². The lowest BCUT2D eigenvalue weighted by Crippen LogP contribution is -2.23. The second-order valence-electron chi connectivity index (χ2n) is 6.29. The van der Waals surface area contributed by atoms with Gasteiger partial charge >= 0.3 is 0 Å². The van der Waals surface area contributed by atoms with E-state index in [-0.39, 0.29) is 0 Å². The Morgan fingerprint density at radius 2 is 1.95 bits per heavy atom. The van der Waals surface area contributed by atoms with E-state index in [9.17, 15) is 5.26 Å². The van der Waals surface area contributed by atoms with Gasteiger partial charge in [0.25, 0.3) is 0 Å². The highest BCUT2D eigenvalue weighted by molar-refractivity contribution is 5.57. The number of hydrogen-bond donors (Lipinski definition) is 0. The number of nitrogens with zero attached hydrogens (tertiary/aromatic N) is 3. The minimum Gasteiger partial charge on any atom is -0.355 e. The molecule has 4 rings (SSSR count). The summed E-state index contributed by atoms with van der Waals surface area (Å²) in [7, 11) is 0. The predicted molar refractivity (Wildman–Crippen MR) is 74.0 cm³/mol. The average molecular weight is 253 g/mol. The Kier molecular flexibility index (Phi) is 2.51. The molecule has 2 heterocycles. The maximum Gasteiger partial charge on any atom is 0.146 e. The normalized spacial score (nSPS) is 28.3. The van der Waals surface area contributed by atoms with Crippen molar-refractivity contribution in [3.8, 4) is 6.07 Å². The number of fused-ring (bicyclic) bond motifs is 2. The van der Waals surface area contributed by atoms with Crippen molar-refractivity contribution >= 4 is 5.82 Å². The van der Waals surface area contributed by atoms with E-state index < -0.39 is 0 Å². The van der Waals surface area contributed by atoms with E-state index in [2.05, 4.69) is 17.0 Å². The first-order valence-electron chi connectivity index (χ1n) is 7.53. The van der Waals surface area contributed by atoms with E-state index in [4.69, 9.17) is 4.98 Å². The molecular weight excluding hydrogens is 234 g/mol. The predicted octanol–water partition coefficient (Wildman–Crippen LogP) is 2.68. The van der Waals surface area contributed by atoms with Crippen LogP contribution in [-0.2, 0) is 12.8 Å². The molecule has 0 radical (unpaired) electrons. The van der Waals surface area contributed by atoms with Crippen LogP contribution in [0.4, 0.5) is 5.82 Å². The molecule has 2 aliphatic carbocycles. The van der Waals surface area contributed by atoms with Crippen LogP contribution in [0, 0.1) is 23.2 Å². The molecule has 98 valence electrons. The molecule has 2 fully saturated rings. The molecular formula is C16H19N3. The lowest BCUT2D eigenvalue weighted by atomic mass is 10.0. The smallest absolute Gasteiger partial charge is 0.146 e. The van der Waals surface area contributed by atoms with Crippen molar-refractivity contribution in [3.63, 3.8) is 0 Å². The quantitative estimate of drug-likeness (QED) is 0.772. The molecule has 0 aromatic carbocycles. The van der Waals surface area contributed by atoms with Crippen LogP contribution in [0.3, 0.4) is 0 Å². The van der Waals surface area contributed by atoms with Crippen LogP contribution in [0.25, 0.3) is 0 Å². The van der Waals surface area contributed by atoms with Crippen molar-refractivity contribution in [3.05, 3.63) is 22.9 Å². The molecule has 2 atom stereocenters. The molecule has 0 amide bonds. The number of nitriles is 1. The summed E-state index contributed by atoms with van der Waals surface area (Å²) in [6, 6.07) is 4.46. The summed E-state index contributed by atoms with van der Waals surface area (Å²) < 4.78 is 0. The van der Waals surface area contributed by atoms with Gasteiger partial charge in [0.2, 0.25) is 0 Å². The Balaban J connectivity index is 1.69. The van der Waals surface area contributed by atoms with Gasteiger partial charge in [0.05, 0.1) is 5.56 Å². The molecule has 19 heavy (non-hydrogen) atoms. The average Bonchev–Trinajstić information content (AvgIpc) is 3.11. The van der Waals surface area contributed by atoms with Crippen LogP contribution >= 0.6 is 0 Å². The van der Waals surface area contributed by atoms with Crippen LogP contribution < -0.4 is 4.90 Å². The highest BCUT2D eigenvalue weighted by Gasteiger charge is 2.37. The zero-order valence-corrected chi connectivity index (χ0v) is 11.2. The van der Waals surface area contributed by atoms with Gasteiger partial charge in [0.15, 0.2) is 0 Å². The second kappa shape index (κ2) is 4.23. The van der Waals surface area contributed by atoms with Gasteiger partial charge in [-0.1, -0.05) is 6.42 Å². The molecule has 3 nitrogen and oxygen atoms in total. The fourth-order valence-corrected chi connectivity index (χ4v) is 4.19. The van der Waals surface area contributed by atoms with E-state index in [1.807, 2.05) is 0 Å². The first kappa shape index (κ1) is 11.3. The van der Waals surface area contributed by atoms with Crippen LogP contribution in [0.2, 0.25) is 0 Å². The lowest BCUT2D eigenvalue weighted by Gasteiger charge is -2.20. The summed E-state index contributed by atoms with van der Waals surface area (Å²) in [6.07, 6.45) is 7.52. The van der Waals surface area contributed by atoms with Gasteiger partial charge < -0.3 is 4.90 Å². The van der Waals surface area contributed by atoms with Gasteiger partial charge in [-0.05, 0) is 55.6 Å². The van der Waals surface area contributed by atoms with E-state index in [0.717, 1.165) is 49.1 Å². The molecule has 0 bridgehead atoms. The summed E-state index contributed by atoms with van der Waals surface area (Å²) in [4.78, 5) is 7.22. The highest BCUT2D eigenvalue weighted by Crippen LogP contribution is 2.40. The Hall–Kier alpha value is -1.56. The van der Waals surface area contributed by atoms with Gasteiger partial charge in [-0.15, -0.1) is 0 Å². The van der Waals surface area contributed by atoms with Crippen LogP contribution in [-0.4, -0.2) is 18.1 Å². The van der Waals surface area contributed by atoms with E-state index >= 15 is 0 Å². The number of hydrogen-bond acceptors (Lipinski definition) is 3. The number of rotatable bonds is 1. The summed E-state index contributed by atoms with van der Waals surface area (Å²) in [6.45, 7) is 2.23. The summed E-state index contributed by atoms with van der Waals surface area (Å²) in [5.41, 5.74) is 3.34. The molecule has 1 saturated heterocycles. The topological polar surface area (TPSA) is 39.9 Å². The largest absolute Gasteiger partial charge is 0.355 e. The van der Waals surface area contributed by atoms with Gasteiger partial charge in [0, 0.05) is 18.8 Å². The van der Waals surface area contributed by atoms with Gasteiger partial charge in [-0.25, -0.2) is 4.98 Å². The minimum atomic E-state index is 0.792. The molecule has 1 aromatic rings. The zero-order valence-electron chi connectivity index (χ0n) is 11.2. The third kappa shape index (κ3) is 1.74. The van der Waals surface area contributed by atoms with Crippen LogP contribution in [0.5, 0.6) is 0 Å². The number of aromatic nitrogens is 1. The molecule has 1 saturated carbocycles. The van der Waals surface area contributed by atoms with Gasteiger partial charge in [-0.2, -0.15) is 5.26 Å². The molecule has 0 spiro atoms. The Labute approximate surface area is 114 Å². The second-order valence-corrected chi connectivity index (χ2v) is 6.29. The maximum atomic E-state index is 9.40. The maximum absolute atomic E-state index is 9.40.